The Kier molecular flexibility index (Phi) is 0.821. The summed E-state index contributed by atoms with van der Waals surface area (Å²) in [7, 11) is 0. The Hall–Kier alpha value is -0.0800. The van der Waals surface area contributed by atoms with Gasteiger partial charge in [-0.2, -0.15) is 0 Å². The van der Waals surface area contributed by atoms with E-state index in [0.717, 1.165) is 13.0 Å². The first kappa shape index (κ1) is 4.09. The zero-order valence-electron chi connectivity index (χ0n) is 3.72. The summed E-state index contributed by atoms with van der Waals surface area (Å²) in [6, 6.07) is 0.440. The van der Waals surface area contributed by atoms with Gasteiger partial charge >= 0.3 is 0 Å². The Labute approximate surface area is 37.5 Å². The maximum atomic E-state index is 5.40. The van der Waals surface area contributed by atoms with E-state index in [9.17, 15) is 0 Å². The molecule has 36 valence electrons. The van der Waals surface area contributed by atoms with Crippen LogP contribution in [0.1, 0.15) is 6.42 Å². The minimum absolute atomic E-state index is 0.440. The van der Waals surface area contributed by atoms with Crippen molar-refractivity contribution in [3.05, 3.63) is 0 Å². The molecule has 0 aliphatic heterocycles. The number of rotatable bonds is 1. The molecule has 2 atom stereocenters. The molecule has 0 aromatic heterocycles. The molecule has 0 bridgehead atoms. The molecule has 0 aromatic carbocycles. The minimum atomic E-state index is 0.440. The van der Waals surface area contributed by atoms with Crippen LogP contribution in [0.3, 0.4) is 0 Å². The van der Waals surface area contributed by atoms with E-state index in [-0.39, 0.29) is 0 Å². The molecule has 1 saturated carbocycles. The highest BCUT2D eigenvalue weighted by Gasteiger charge is 2.31. The van der Waals surface area contributed by atoms with Crippen LogP contribution in [-0.4, -0.2) is 12.6 Å². The van der Waals surface area contributed by atoms with E-state index in [1.54, 1.807) is 0 Å². The first-order chi connectivity index (χ1) is 2.84. The molecule has 2 unspecified atom stereocenters. The van der Waals surface area contributed by atoms with Gasteiger partial charge in [-0.3, -0.25) is 0 Å². The highest BCUT2D eigenvalue weighted by atomic mass is 14.8. The summed E-state index contributed by atoms with van der Waals surface area (Å²) in [6.07, 6.45) is 1.15. The molecule has 2 nitrogen and oxygen atoms in total. The van der Waals surface area contributed by atoms with E-state index in [4.69, 9.17) is 11.5 Å². The second kappa shape index (κ2) is 1.21. The van der Waals surface area contributed by atoms with E-state index >= 15 is 0 Å². The first-order valence-corrected chi connectivity index (χ1v) is 2.30. The molecule has 0 spiro atoms. The van der Waals surface area contributed by atoms with Gasteiger partial charge in [0.2, 0.25) is 0 Å². The lowest BCUT2D eigenvalue weighted by molar-refractivity contribution is 0.801. The minimum Gasteiger partial charge on any atom is -0.330 e. The predicted molar refractivity (Wildman–Crippen MR) is 25.1 cm³/mol. The van der Waals surface area contributed by atoms with Gasteiger partial charge in [-0.15, -0.1) is 0 Å². The van der Waals surface area contributed by atoms with Crippen molar-refractivity contribution < 1.29 is 0 Å². The summed E-state index contributed by atoms with van der Waals surface area (Å²) >= 11 is 0. The fourth-order valence-electron chi connectivity index (χ4n) is 0.542. The molecule has 1 fully saturated rings. The lowest BCUT2D eigenvalue weighted by Gasteiger charge is -1.80. The van der Waals surface area contributed by atoms with Crippen LogP contribution in [-0.2, 0) is 0 Å². The molecule has 1 rings (SSSR count). The van der Waals surface area contributed by atoms with Crippen LogP contribution >= 0.6 is 0 Å². The maximum absolute atomic E-state index is 5.40. The predicted octanol–water partition coefficient (Wildman–Crippen LogP) is -0.708. The van der Waals surface area contributed by atoms with Crippen LogP contribution in [0.4, 0.5) is 0 Å². The van der Waals surface area contributed by atoms with Crippen LogP contribution in [0.25, 0.3) is 0 Å². The summed E-state index contributed by atoms with van der Waals surface area (Å²) in [4.78, 5) is 0. The average Bonchev–Trinajstić information content (AvgIpc) is 2.19. The lowest BCUT2D eigenvalue weighted by atomic mass is 10.4. The molecular formula is C4H10N2. The highest BCUT2D eigenvalue weighted by molar-refractivity contribution is 4.90. The number of nitrogens with two attached hydrogens (primary N) is 2. The third-order valence-corrected chi connectivity index (χ3v) is 1.28. The quantitative estimate of drug-likeness (QED) is 0.443. The molecular weight excluding hydrogens is 76.1 g/mol. The number of hydrogen-bond acceptors (Lipinski definition) is 2. The van der Waals surface area contributed by atoms with Crippen molar-refractivity contribution in [2.75, 3.05) is 6.54 Å². The highest BCUT2D eigenvalue weighted by Crippen LogP contribution is 2.25. The molecule has 1 aliphatic carbocycles. The smallest absolute Gasteiger partial charge is 0.00834 e. The van der Waals surface area contributed by atoms with Gasteiger partial charge in [-0.1, -0.05) is 0 Å². The van der Waals surface area contributed by atoms with Crippen molar-refractivity contribution in [2.24, 2.45) is 17.4 Å². The maximum Gasteiger partial charge on any atom is 0.00834 e. The first-order valence-electron chi connectivity index (χ1n) is 2.30. The molecule has 0 heterocycles. The Morgan fingerprint density at radius 3 is 2.17 bits per heavy atom. The summed E-state index contributed by atoms with van der Waals surface area (Å²) in [5, 5.41) is 0. The normalized spacial score (nSPS) is 43.0. The zero-order valence-corrected chi connectivity index (χ0v) is 3.72. The molecule has 2 heteroatoms. The Morgan fingerprint density at radius 1 is 1.67 bits per heavy atom. The lowest BCUT2D eigenvalue weighted by Crippen LogP contribution is -2.09. The third kappa shape index (κ3) is 0.533. The van der Waals surface area contributed by atoms with E-state index in [1.807, 2.05) is 0 Å². The third-order valence-electron chi connectivity index (χ3n) is 1.28. The SMILES string of the molecule is NCC1CC1N. The Morgan fingerprint density at radius 2 is 2.17 bits per heavy atom. The van der Waals surface area contributed by atoms with Crippen molar-refractivity contribution in [3.8, 4) is 0 Å². The van der Waals surface area contributed by atoms with Gasteiger partial charge in [0, 0.05) is 6.04 Å². The molecule has 1 aliphatic rings. The fraction of sp³-hybridized carbons (Fsp3) is 1.00. The van der Waals surface area contributed by atoms with Gasteiger partial charge in [0.1, 0.15) is 0 Å². The van der Waals surface area contributed by atoms with Crippen LogP contribution < -0.4 is 11.5 Å². The summed E-state index contributed by atoms with van der Waals surface area (Å²) in [5.74, 6) is 0.657. The Balaban J connectivity index is 2.09. The monoisotopic (exact) mass is 86.1 g/mol. The van der Waals surface area contributed by atoms with Gasteiger partial charge in [-0.25, -0.2) is 0 Å². The van der Waals surface area contributed by atoms with Crippen molar-refractivity contribution in [1.29, 1.82) is 0 Å². The average molecular weight is 86.1 g/mol. The largest absolute Gasteiger partial charge is 0.330 e. The van der Waals surface area contributed by atoms with Crippen molar-refractivity contribution in [1.82, 2.24) is 0 Å². The van der Waals surface area contributed by atoms with Crippen molar-refractivity contribution in [2.45, 2.75) is 12.5 Å². The molecule has 0 aromatic rings. The molecule has 0 radical (unpaired) electrons. The van der Waals surface area contributed by atoms with E-state index in [2.05, 4.69) is 0 Å². The second-order valence-electron chi connectivity index (χ2n) is 1.90. The second-order valence-corrected chi connectivity index (χ2v) is 1.90. The van der Waals surface area contributed by atoms with E-state index in [1.165, 1.54) is 0 Å². The number of hydrogen-bond donors (Lipinski definition) is 2. The van der Waals surface area contributed by atoms with Crippen LogP contribution in [0.15, 0.2) is 0 Å². The van der Waals surface area contributed by atoms with Crippen LogP contribution in [0.2, 0.25) is 0 Å². The van der Waals surface area contributed by atoms with E-state index in [0.29, 0.717) is 12.0 Å². The summed E-state index contributed by atoms with van der Waals surface area (Å²) in [5.41, 5.74) is 10.6. The van der Waals surface area contributed by atoms with Crippen molar-refractivity contribution >= 4 is 0 Å². The summed E-state index contributed by atoms with van der Waals surface area (Å²) < 4.78 is 0. The van der Waals surface area contributed by atoms with Gasteiger partial charge in [0.15, 0.2) is 0 Å². The standard InChI is InChI=1S/C4H10N2/c5-2-3-1-4(3)6/h3-4H,1-2,5-6H2. The van der Waals surface area contributed by atoms with Gasteiger partial charge in [0.25, 0.3) is 0 Å². The van der Waals surface area contributed by atoms with Crippen LogP contribution in [0.5, 0.6) is 0 Å². The zero-order chi connectivity index (χ0) is 4.57. The summed E-state index contributed by atoms with van der Waals surface area (Å²) in [6.45, 7) is 0.779. The topological polar surface area (TPSA) is 52.0 Å². The molecule has 0 amide bonds. The molecule has 4 N–H and O–H groups in total. The Bertz CT molecular complexity index is 51.5. The van der Waals surface area contributed by atoms with Crippen molar-refractivity contribution in [3.63, 3.8) is 0 Å². The van der Waals surface area contributed by atoms with Gasteiger partial charge < -0.3 is 11.5 Å². The fourth-order valence-corrected chi connectivity index (χ4v) is 0.542. The molecule has 0 saturated heterocycles. The van der Waals surface area contributed by atoms with Gasteiger partial charge in [-0.05, 0) is 18.9 Å². The van der Waals surface area contributed by atoms with Gasteiger partial charge in [0.05, 0.1) is 0 Å². The van der Waals surface area contributed by atoms with Crippen LogP contribution in [0, 0.1) is 5.92 Å². The van der Waals surface area contributed by atoms with E-state index < -0.39 is 0 Å². The molecule has 6 heavy (non-hydrogen) atoms.